The molecule has 0 spiro atoms. The molecule has 0 fully saturated rings. The molecular formula is C26H24N2O. The number of hydrogen-bond acceptors (Lipinski definition) is 3. The number of carbonyl (C=O) groups is 1. The summed E-state index contributed by atoms with van der Waals surface area (Å²) < 4.78 is 0. The molecule has 0 saturated carbocycles. The van der Waals surface area contributed by atoms with Crippen molar-refractivity contribution < 1.29 is 4.79 Å². The highest BCUT2D eigenvalue weighted by Gasteiger charge is 2.36. The number of hydrogen-bond donors (Lipinski definition) is 2. The van der Waals surface area contributed by atoms with Crippen LogP contribution in [0.25, 0.3) is 0 Å². The van der Waals surface area contributed by atoms with E-state index in [1.165, 1.54) is 11.1 Å². The molecule has 1 aliphatic carbocycles. The Balaban J connectivity index is 1.64. The first-order valence-electron chi connectivity index (χ1n) is 10.2. The molecule has 2 atom stereocenters. The molecule has 3 nitrogen and oxygen atoms in total. The summed E-state index contributed by atoms with van der Waals surface area (Å²) in [5, 5.41) is 7.27. The quantitative estimate of drug-likeness (QED) is 0.575. The molecule has 0 bridgehead atoms. The lowest BCUT2D eigenvalue weighted by Crippen LogP contribution is -2.27. The van der Waals surface area contributed by atoms with Crippen LogP contribution in [0.4, 0.5) is 11.4 Å². The van der Waals surface area contributed by atoms with Crippen LogP contribution in [-0.2, 0) is 4.79 Å². The smallest absolute Gasteiger partial charge is 0.163 e. The summed E-state index contributed by atoms with van der Waals surface area (Å²) >= 11 is 0. The van der Waals surface area contributed by atoms with Gasteiger partial charge in [-0.25, -0.2) is 0 Å². The van der Waals surface area contributed by atoms with Gasteiger partial charge in [0.25, 0.3) is 0 Å². The van der Waals surface area contributed by atoms with E-state index >= 15 is 0 Å². The Morgan fingerprint density at radius 3 is 2.28 bits per heavy atom. The summed E-state index contributed by atoms with van der Waals surface area (Å²) in [5.41, 5.74) is 7.55. The van der Waals surface area contributed by atoms with Gasteiger partial charge in [-0.15, -0.1) is 0 Å². The minimum absolute atomic E-state index is 0.147. The largest absolute Gasteiger partial charge is 0.372 e. The van der Waals surface area contributed by atoms with E-state index in [1.54, 1.807) is 0 Å². The number of benzene rings is 3. The van der Waals surface area contributed by atoms with Crippen LogP contribution in [0.5, 0.6) is 0 Å². The van der Waals surface area contributed by atoms with E-state index in [9.17, 15) is 4.79 Å². The number of fused-ring (bicyclic) bond motifs is 1. The van der Waals surface area contributed by atoms with Crippen LogP contribution in [0.1, 0.15) is 41.5 Å². The standard InChI is InChI=1S/C26H24N2O/c1-17-9-5-6-12-20(17)26-25-23(27-21-13-7-8-14-22(21)28-26)15-19(16-24(25)29)18-10-3-2-4-11-18/h2-14,19,26-28H,15-16H2,1H3/t19-,26+/m1/s1. The highest BCUT2D eigenvalue weighted by Crippen LogP contribution is 2.44. The molecule has 2 N–H and O–H groups in total. The molecular weight excluding hydrogens is 356 g/mol. The lowest BCUT2D eigenvalue weighted by Gasteiger charge is -2.30. The summed E-state index contributed by atoms with van der Waals surface area (Å²) in [6, 6.07) is 26.8. The number of rotatable bonds is 2. The summed E-state index contributed by atoms with van der Waals surface area (Å²) in [4.78, 5) is 13.5. The lowest BCUT2D eigenvalue weighted by molar-refractivity contribution is -0.116. The Morgan fingerprint density at radius 2 is 1.48 bits per heavy atom. The second-order valence-electron chi connectivity index (χ2n) is 7.94. The van der Waals surface area contributed by atoms with Crippen LogP contribution in [0.3, 0.4) is 0 Å². The Kier molecular flexibility index (Phi) is 4.44. The topological polar surface area (TPSA) is 41.1 Å². The fraction of sp³-hybridized carbons (Fsp3) is 0.192. The lowest BCUT2D eigenvalue weighted by atomic mass is 9.78. The number of carbonyl (C=O) groups excluding carboxylic acids is 1. The fourth-order valence-corrected chi connectivity index (χ4v) is 4.60. The molecule has 144 valence electrons. The number of anilines is 2. The number of ketones is 1. The molecule has 29 heavy (non-hydrogen) atoms. The number of nitrogens with one attached hydrogen (secondary N) is 2. The average molecular weight is 380 g/mol. The van der Waals surface area contributed by atoms with E-state index in [1.807, 2.05) is 24.3 Å². The molecule has 3 heteroatoms. The molecule has 0 radical (unpaired) electrons. The minimum atomic E-state index is -0.147. The van der Waals surface area contributed by atoms with E-state index in [-0.39, 0.29) is 17.7 Å². The molecule has 0 amide bonds. The van der Waals surface area contributed by atoms with Gasteiger partial charge in [0.05, 0.1) is 17.4 Å². The third kappa shape index (κ3) is 3.23. The van der Waals surface area contributed by atoms with Crippen molar-refractivity contribution in [1.82, 2.24) is 0 Å². The van der Waals surface area contributed by atoms with Crippen molar-refractivity contribution in [1.29, 1.82) is 0 Å². The van der Waals surface area contributed by atoms with Gasteiger partial charge in [-0.1, -0.05) is 66.7 Å². The van der Waals surface area contributed by atoms with Crippen LogP contribution >= 0.6 is 0 Å². The molecule has 0 aromatic heterocycles. The number of Topliss-reactive ketones (excluding diaryl/α,β-unsaturated/α-hetero) is 1. The third-order valence-corrected chi connectivity index (χ3v) is 6.08. The summed E-state index contributed by atoms with van der Waals surface area (Å²) in [6.07, 6.45) is 1.38. The minimum Gasteiger partial charge on any atom is -0.372 e. The van der Waals surface area contributed by atoms with Gasteiger partial charge < -0.3 is 10.6 Å². The molecule has 0 unspecified atom stereocenters. The summed E-state index contributed by atoms with van der Waals surface area (Å²) in [5.74, 6) is 0.430. The number of aryl methyl sites for hydroxylation is 1. The zero-order chi connectivity index (χ0) is 19.8. The van der Waals surface area contributed by atoms with Crippen LogP contribution in [-0.4, -0.2) is 5.78 Å². The zero-order valence-corrected chi connectivity index (χ0v) is 16.5. The molecule has 5 rings (SSSR count). The number of para-hydroxylation sites is 2. The van der Waals surface area contributed by atoms with Gasteiger partial charge in [-0.2, -0.15) is 0 Å². The van der Waals surface area contributed by atoms with Crippen molar-refractivity contribution in [3.8, 4) is 0 Å². The molecule has 3 aromatic carbocycles. The van der Waals surface area contributed by atoms with Crippen molar-refractivity contribution >= 4 is 17.2 Å². The molecule has 1 aliphatic heterocycles. The van der Waals surface area contributed by atoms with Gasteiger partial charge in [-0.3, -0.25) is 4.79 Å². The predicted octanol–water partition coefficient (Wildman–Crippen LogP) is 5.97. The van der Waals surface area contributed by atoms with Crippen molar-refractivity contribution in [3.63, 3.8) is 0 Å². The maximum Gasteiger partial charge on any atom is 0.163 e. The first-order valence-corrected chi connectivity index (χ1v) is 10.2. The van der Waals surface area contributed by atoms with Crippen LogP contribution in [0.15, 0.2) is 90.1 Å². The second-order valence-corrected chi connectivity index (χ2v) is 7.94. The SMILES string of the molecule is Cc1ccccc1[C@@H]1Nc2ccccc2NC2=C1C(=O)C[C@H](c1ccccc1)C2. The van der Waals surface area contributed by atoms with Crippen LogP contribution in [0.2, 0.25) is 0 Å². The zero-order valence-electron chi connectivity index (χ0n) is 16.5. The van der Waals surface area contributed by atoms with E-state index in [2.05, 4.69) is 72.2 Å². The normalized spacial score (nSPS) is 20.8. The second kappa shape index (κ2) is 7.25. The van der Waals surface area contributed by atoms with E-state index in [4.69, 9.17) is 0 Å². The molecule has 0 saturated heterocycles. The van der Waals surface area contributed by atoms with Crippen LogP contribution < -0.4 is 10.6 Å². The third-order valence-electron chi connectivity index (χ3n) is 6.08. The first kappa shape index (κ1) is 17.7. The Bertz CT molecular complexity index is 1100. The maximum absolute atomic E-state index is 13.5. The number of allylic oxidation sites excluding steroid dienone is 1. The van der Waals surface area contributed by atoms with Gasteiger partial charge >= 0.3 is 0 Å². The van der Waals surface area contributed by atoms with Gasteiger partial charge in [0.15, 0.2) is 5.78 Å². The van der Waals surface area contributed by atoms with Crippen molar-refractivity contribution in [2.75, 3.05) is 10.6 Å². The Labute approximate surface area is 171 Å². The van der Waals surface area contributed by atoms with E-state index < -0.39 is 0 Å². The molecule has 2 aliphatic rings. The average Bonchev–Trinajstić information content (AvgIpc) is 2.91. The maximum atomic E-state index is 13.5. The van der Waals surface area contributed by atoms with Crippen LogP contribution in [0, 0.1) is 6.92 Å². The Hall–Kier alpha value is -3.33. The summed E-state index contributed by atoms with van der Waals surface area (Å²) in [7, 11) is 0. The molecule has 3 aromatic rings. The highest BCUT2D eigenvalue weighted by atomic mass is 16.1. The Morgan fingerprint density at radius 1 is 0.793 bits per heavy atom. The van der Waals surface area contributed by atoms with Gasteiger partial charge in [0.1, 0.15) is 0 Å². The van der Waals surface area contributed by atoms with Crippen molar-refractivity contribution in [2.24, 2.45) is 0 Å². The van der Waals surface area contributed by atoms with Gasteiger partial charge in [0, 0.05) is 17.7 Å². The molecule has 1 heterocycles. The summed E-state index contributed by atoms with van der Waals surface area (Å²) in [6.45, 7) is 2.11. The van der Waals surface area contributed by atoms with Gasteiger partial charge in [-0.05, 0) is 48.1 Å². The fourth-order valence-electron chi connectivity index (χ4n) is 4.60. The van der Waals surface area contributed by atoms with Crippen molar-refractivity contribution in [2.45, 2.75) is 31.7 Å². The first-order chi connectivity index (χ1) is 14.2. The predicted molar refractivity (Wildman–Crippen MR) is 118 cm³/mol. The van der Waals surface area contributed by atoms with Gasteiger partial charge in [0.2, 0.25) is 0 Å². The monoisotopic (exact) mass is 380 g/mol. The van der Waals surface area contributed by atoms with Crippen molar-refractivity contribution in [3.05, 3.63) is 107 Å². The highest BCUT2D eigenvalue weighted by molar-refractivity contribution is 6.01. The van der Waals surface area contributed by atoms with E-state index in [0.29, 0.717) is 6.42 Å². The van der Waals surface area contributed by atoms with E-state index in [0.717, 1.165) is 34.6 Å².